The fourth-order valence-electron chi connectivity index (χ4n) is 2.50. The summed E-state index contributed by atoms with van der Waals surface area (Å²) >= 11 is 0. The summed E-state index contributed by atoms with van der Waals surface area (Å²) in [5.41, 5.74) is 0.870. The second-order valence-corrected chi connectivity index (χ2v) is 7.55. The zero-order valence-corrected chi connectivity index (χ0v) is 13.3. The molecule has 0 N–H and O–H groups in total. The quantitative estimate of drug-likeness (QED) is 0.786. The van der Waals surface area contributed by atoms with E-state index in [1.807, 2.05) is 0 Å². The van der Waals surface area contributed by atoms with Gasteiger partial charge in [-0.05, 0) is 37.1 Å². The van der Waals surface area contributed by atoms with E-state index in [2.05, 4.69) is 0 Å². The summed E-state index contributed by atoms with van der Waals surface area (Å²) in [7, 11) is -3.70. The Balaban J connectivity index is 2.50. The summed E-state index contributed by atoms with van der Waals surface area (Å²) in [4.78, 5) is 23.7. The largest absolute Gasteiger partial charge is 0.294 e. The van der Waals surface area contributed by atoms with Gasteiger partial charge < -0.3 is 0 Å². The first kappa shape index (κ1) is 15.6. The van der Waals surface area contributed by atoms with Crippen LogP contribution in [-0.2, 0) is 19.4 Å². The molecular formula is C16H18O4S. The molecule has 2 aliphatic carbocycles. The van der Waals surface area contributed by atoms with Gasteiger partial charge in [-0.3, -0.25) is 9.59 Å². The molecule has 112 valence electrons. The van der Waals surface area contributed by atoms with Gasteiger partial charge in [-0.1, -0.05) is 26.0 Å². The van der Waals surface area contributed by atoms with E-state index in [4.69, 9.17) is 0 Å². The maximum absolute atomic E-state index is 12.7. The standard InChI is InChI=1S/C16H18O4S/c1-9-5-13(6-10(2)15(9)17)21(19,20)14-7-11(3)16(18)12(4)8-14/h5-9,11H,1-4H3. The van der Waals surface area contributed by atoms with Crippen LogP contribution in [0.25, 0.3) is 0 Å². The van der Waals surface area contributed by atoms with E-state index in [1.54, 1.807) is 27.7 Å². The third kappa shape index (κ3) is 2.70. The molecule has 0 aromatic rings. The molecular weight excluding hydrogens is 288 g/mol. The summed E-state index contributed by atoms with van der Waals surface area (Å²) in [5, 5.41) is 0. The number of ketones is 2. The highest BCUT2D eigenvalue weighted by Crippen LogP contribution is 2.31. The number of hydrogen-bond donors (Lipinski definition) is 0. The van der Waals surface area contributed by atoms with Crippen molar-refractivity contribution in [3.8, 4) is 0 Å². The molecule has 0 aromatic carbocycles. The molecule has 21 heavy (non-hydrogen) atoms. The molecule has 0 aliphatic heterocycles. The van der Waals surface area contributed by atoms with Gasteiger partial charge in [-0.25, -0.2) is 8.42 Å². The minimum Gasteiger partial charge on any atom is -0.294 e. The third-order valence-corrected chi connectivity index (χ3v) is 5.52. The van der Waals surface area contributed by atoms with Crippen molar-refractivity contribution in [1.29, 1.82) is 0 Å². The molecule has 0 amide bonds. The van der Waals surface area contributed by atoms with Crippen molar-refractivity contribution in [2.24, 2.45) is 11.8 Å². The Hall–Kier alpha value is -1.75. The van der Waals surface area contributed by atoms with Crippen LogP contribution in [0.1, 0.15) is 27.7 Å². The summed E-state index contributed by atoms with van der Waals surface area (Å²) < 4.78 is 25.4. The van der Waals surface area contributed by atoms with E-state index < -0.39 is 21.7 Å². The minimum atomic E-state index is -3.70. The van der Waals surface area contributed by atoms with Crippen LogP contribution >= 0.6 is 0 Å². The molecule has 0 radical (unpaired) electrons. The third-order valence-electron chi connectivity index (χ3n) is 3.77. The van der Waals surface area contributed by atoms with Gasteiger partial charge in [-0.15, -0.1) is 0 Å². The molecule has 5 heteroatoms. The monoisotopic (exact) mass is 306 g/mol. The SMILES string of the molecule is CC1=CC(S(=O)(=O)C2=CC(C)C(=O)C(C)=C2)=CC(C)C1=O. The number of Topliss-reactive ketones (excluding diaryl/α,β-unsaturated/α-hetero) is 2. The number of hydrogen-bond acceptors (Lipinski definition) is 4. The van der Waals surface area contributed by atoms with Crippen LogP contribution in [-0.4, -0.2) is 20.0 Å². The van der Waals surface area contributed by atoms with Gasteiger partial charge in [0.15, 0.2) is 11.6 Å². The first-order chi connectivity index (χ1) is 9.64. The summed E-state index contributed by atoms with van der Waals surface area (Å²) in [6.07, 6.45) is 5.75. The van der Waals surface area contributed by atoms with Gasteiger partial charge in [0.05, 0.1) is 9.81 Å². The predicted molar refractivity (Wildman–Crippen MR) is 80.9 cm³/mol. The van der Waals surface area contributed by atoms with E-state index in [9.17, 15) is 18.0 Å². The predicted octanol–water partition coefficient (Wildman–Crippen LogP) is 2.50. The molecule has 0 fully saturated rings. The number of rotatable bonds is 2. The Morgan fingerprint density at radius 2 is 1.14 bits per heavy atom. The molecule has 2 atom stereocenters. The fourth-order valence-corrected chi connectivity index (χ4v) is 4.20. The highest BCUT2D eigenvalue weighted by molar-refractivity contribution is 7.99. The number of sulfone groups is 1. The Bertz CT molecular complexity index is 687. The zero-order valence-electron chi connectivity index (χ0n) is 12.5. The van der Waals surface area contributed by atoms with Crippen LogP contribution in [0.15, 0.2) is 45.3 Å². The van der Waals surface area contributed by atoms with Gasteiger partial charge in [0.1, 0.15) is 0 Å². The number of carbonyl (C=O) groups excluding carboxylic acids is 2. The van der Waals surface area contributed by atoms with Gasteiger partial charge >= 0.3 is 0 Å². The second-order valence-electron chi connectivity index (χ2n) is 5.60. The smallest absolute Gasteiger partial charge is 0.206 e. The minimum absolute atomic E-state index is 0.0677. The van der Waals surface area contributed by atoms with Gasteiger partial charge in [0.2, 0.25) is 9.84 Å². The highest BCUT2D eigenvalue weighted by Gasteiger charge is 2.30. The average molecular weight is 306 g/mol. The Morgan fingerprint density at radius 1 is 0.810 bits per heavy atom. The molecule has 0 bridgehead atoms. The molecule has 0 heterocycles. The normalized spacial score (nSPS) is 26.9. The number of allylic oxidation sites excluding steroid dienone is 6. The van der Waals surface area contributed by atoms with Crippen LogP contribution in [0.5, 0.6) is 0 Å². The highest BCUT2D eigenvalue weighted by atomic mass is 32.2. The Labute approximate surface area is 124 Å². The molecule has 4 nitrogen and oxygen atoms in total. The van der Waals surface area contributed by atoms with E-state index in [0.717, 1.165) is 0 Å². The average Bonchev–Trinajstić information content (AvgIpc) is 2.40. The topological polar surface area (TPSA) is 68.3 Å². The molecule has 2 aliphatic rings. The molecule has 0 saturated heterocycles. The summed E-state index contributed by atoms with van der Waals surface area (Å²) in [6.45, 7) is 6.58. The lowest BCUT2D eigenvalue weighted by molar-refractivity contribution is -0.118. The molecule has 0 spiro atoms. The van der Waals surface area contributed by atoms with Crippen molar-refractivity contribution >= 4 is 21.4 Å². The Morgan fingerprint density at radius 3 is 1.43 bits per heavy atom. The van der Waals surface area contributed by atoms with Crippen molar-refractivity contribution in [3.63, 3.8) is 0 Å². The van der Waals surface area contributed by atoms with Crippen molar-refractivity contribution in [2.45, 2.75) is 27.7 Å². The van der Waals surface area contributed by atoms with Gasteiger partial charge in [-0.2, -0.15) is 0 Å². The molecule has 0 saturated carbocycles. The number of carbonyl (C=O) groups is 2. The van der Waals surface area contributed by atoms with Crippen LogP contribution in [0.3, 0.4) is 0 Å². The molecule has 2 rings (SSSR count). The first-order valence-corrected chi connectivity index (χ1v) is 8.26. The lowest BCUT2D eigenvalue weighted by Crippen LogP contribution is -2.21. The fraction of sp³-hybridized carbons (Fsp3) is 0.375. The van der Waals surface area contributed by atoms with Crippen LogP contribution in [0, 0.1) is 11.8 Å². The van der Waals surface area contributed by atoms with E-state index in [-0.39, 0.29) is 21.4 Å². The van der Waals surface area contributed by atoms with Crippen molar-refractivity contribution in [2.75, 3.05) is 0 Å². The van der Waals surface area contributed by atoms with Crippen LogP contribution in [0.2, 0.25) is 0 Å². The van der Waals surface area contributed by atoms with Gasteiger partial charge in [0.25, 0.3) is 0 Å². The summed E-state index contributed by atoms with van der Waals surface area (Å²) in [5.74, 6) is -1.04. The van der Waals surface area contributed by atoms with Crippen molar-refractivity contribution in [1.82, 2.24) is 0 Å². The lowest BCUT2D eigenvalue weighted by atomic mass is 9.95. The van der Waals surface area contributed by atoms with E-state index in [0.29, 0.717) is 11.1 Å². The van der Waals surface area contributed by atoms with Gasteiger partial charge in [0, 0.05) is 11.8 Å². The van der Waals surface area contributed by atoms with E-state index in [1.165, 1.54) is 24.3 Å². The Kier molecular flexibility index (Phi) is 3.89. The summed E-state index contributed by atoms with van der Waals surface area (Å²) in [6, 6.07) is 0. The molecule has 2 unspecified atom stereocenters. The maximum atomic E-state index is 12.7. The van der Waals surface area contributed by atoms with E-state index >= 15 is 0 Å². The van der Waals surface area contributed by atoms with Crippen LogP contribution in [0.4, 0.5) is 0 Å². The lowest BCUT2D eigenvalue weighted by Gasteiger charge is -2.19. The zero-order chi connectivity index (χ0) is 15.9. The maximum Gasteiger partial charge on any atom is 0.206 e. The first-order valence-electron chi connectivity index (χ1n) is 6.78. The molecule has 0 aromatic heterocycles. The van der Waals surface area contributed by atoms with Crippen LogP contribution < -0.4 is 0 Å². The van der Waals surface area contributed by atoms with Crippen molar-refractivity contribution < 1.29 is 18.0 Å². The van der Waals surface area contributed by atoms with Crippen molar-refractivity contribution in [3.05, 3.63) is 45.3 Å². The second kappa shape index (κ2) is 5.22.